The number of nitrogens with two attached hydrogens (primary N) is 1. The fourth-order valence-corrected chi connectivity index (χ4v) is 4.46. The van der Waals surface area contributed by atoms with Crippen molar-refractivity contribution in [1.82, 2.24) is 0 Å². The van der Waals surface area contributed by atoms with Gasteiger partial charge < -0.3 is 15.2 Å². The number of carbonyl (C=O) groups excluding carboxylic acids is 2. The molecule has 8 heteroatoms. The minimum Gasteiger partial charge on any atom is -0.444 e. The summed E-state index contributed by atoms with van der Waals surface area (Å²) in [5, 5.41) is 11.0. The Morgan fingerprint density at radius 3 is 2.69 bits per heavy atom. The second kappa shape index (κ2) is 6.44. The second-order valence-corrected chi connectivity index (χ2v) is 8.09. The number of benzene rings is 1. The molecule has 0 saturated carbocycles. The number of Topliss-reactive ketones (excluding diaryl/α,β-unsaturated/α-hetero) is 1. The lowest BCUT2D eigenvalue weighted by Gasteiger charge is -2.41. The number of para-hydroxylation sites is 1. The molecule has 0 aromatic heterocycles. The molecule has 1 atom stereocenters. The van der Waals surface area contributed by atoms with Crippen molar-refractivity contribution in [2.45, 2.75) is 32.1 Å². The maximum Gasteiger partial charge on any atom is 0.271 e. The van der Waals surface area contributed by atoms with E-state index in [1.807, 2.05) is 19.9 Å². The van der Waals surface area contributed by atoms with Crippen LogP contribution in [0, 0.1) is 16.7 Å². The smallest absolute Gasteiger partial charge is 0.271 e. The fraction of sp³-hybridized carbons (Fsp3) is 0.381. The Labute approximate surface area is 168 Å². The molecule has 0 unspecified atom stereocenters. The molecule has 1 spiro atoms. The molecule has 1 amide bonds. The molecule has 1 aromatic rings. The predicted molar refractivity (Wildman–Crippen MR) is 102 cm³/mol. The number of fused-ring (bicyclic) bond motifs is 3. The predicted octanol–water partition coefficient (Wildman–Crippen LogP) is 2.17. The van der Waals surface area contributed by atoms with Crippen LogP contribution in [0.15, 0.2) is 47.1 Å². The van der Waals surface area contributed by atoms with E-state index in [0.717, 1.165) is 5.06 Å². The van der Waals surface area contributed by atoms with E-state index in [1.165, 1.54) is 7.11 Å². The quantitative estimate of drug-likeness (QED) is 0.780. The highest BCUT2D eigenvalue weighted by Crippen LogP contribution is 2.57. The Hall–Kier alpha value is -3.15. The number of allylic oxidation sites excluding steroid dienone is 1. The third kappa shape index (κ3) is 2.51. The summed E-state index contributed by atoms with van der Waals surface area (Å²) < 4.78 is 10.7. The molecule has 0 radical (unpaired) electrons. The number of carbonyl (C=O) groups is 2. The first-order valence-electron chi connectivity index (χ1n) is 9.19. The number of nitriles is 1. The lowest BCUT2D eigenvalue weighted by molar-refractivity contribution is -0.135. The average Bonchev–Trinajstić information content (AvgIpc) is 2.88. The molecule has 0 bridgehead atoms. The van der Waals surface area contributed by atoms with Crippen LogP contribution < -0.4 is 10.8 Å². The summed E-state index contributed by atoms with van der Waals surface area (Å²) in [4.78, 5) is 32.6. The van der Waals surface area contributed by atoms with E-state index in [2.05, 4.69) is 0 Å². The van der Waals surface area contributed by atoms with Crippen molar-refractivity contribution < 1.29 is 23.9 Å². The average molecular weight is 395 g/mol. The van der Waals surface area contributed by atoms with E-state index in [9.17, 15) is 14.9 Å². The molecule has 2 aliphatic heterocycles. The Morgan fingerprint density at radius 1 is 1.28 bits per heavy atom. The van der Waals surface area contributed by atoms with Gasteiger partial charge in [-0.05, 0) is 11.5 Å². The largest absolute Gasteiger partial charge is 0.444 e. The van der Waals surface area contributed by atoms with Crippen molar-refractivity contribution in [3.8, 4) is 6.07 Å². The molecule has 1 aliphatic carbocycles. The number of hydrogen-bond acceptors (Lipinski definition) is 7. The molecule has 2 heterocycles. The van der Waals surface area contributed by atoms with Crippen molar-refractivity contribution in [2.75, 3.05) is 19.0 Å². The van der Waals surface area contributed by atoms with Crippen LogP contribution >= 0.6 is 0 Å². The number of anilines is 1. The van der Waals surface area contributed by atoms with Crippen molar-refractivity contribution in [3.63, 3.8) is 0 Å². The maximum absolute atomic E-state index is 13.8. The first-order valence-corrected chi connectivity index (χ1v) is 9.19. The Kier molecular flexibility index (Phi) is 4.26. The molecule has 150 valence electrons. The van der Waals surface area contributed by atoms with Gasteiger partial charge in [0.25, 0.3) is 5.91 Å². The van der Waals surface area contributed by atoms with Gasteiger partial charge in [0.15, 0.2) is 18.0 Å². The highest BCUT2D eigenvalue weighted by molar-refractivity contribution is 6.19. The van der Waals surface area contributed by atoms with Crippen molar-refractivity contribution in [2.24, 2.45) is 11.1 Å². The van der Waals surface area contributed by atoms with Crippen LogP contribution in [0.1, 0.15) is 32.3 Å². The number of rotatable bonds is 3. The third-order valence-electron chi connectivity index (χ3n) is 5.51. The molecule has 2 N–H and O–H groups in total. The van der Waals surface area contributed by atoms with Crippen molar-refractivity contribution in [1.29, 1.82) is 5.26 Å². The first-order chi connectivity index (χ1) is 13.8. The van der Waals surface area contributed by atoms with E-state index < -0.39 is 11.3 Å². The molecule has 29 heavy (non-hydrogen) atoms. The minimum absolute atomic E-state index is 0.106. The number of ketones is 1. The minimum atomic E-state index is -1.69. The zero-order valence-electron chi connectivity index (χ0n) is 16.4. The zero-order valence-corrected chi connectivity index (χ0v) is 16.4. The van der Waals surface area contributed by atoms with E-state index >= 15 is 0 Å². The number of hydroxylamine groups is 1. The summed E-state index contributed by atoms with van der Waals surface area (Å²) in [5.41, 5.74) is 5.02. The van der Waals surface area contributed by atoms with Crippen LogP contribution in [-0.2, 0) is 29.3 Å². The Bertz CT molecular complexity index is 1030. The van der Waals surface area contributed by atoms with Crippen LogP contribution in [0.4, 0.5) is 5.69 Å². The number of methoxy groups -OCH3 is 1. The third-order valence-corrected chi connectivity index (χ3v) is 5.51. The lowest BCUT2D eigenvalue weighted by atomic mass is 9.62. The van der Waals surface area contributed by atoms with E-state index in [4.69, 9.17) is 20.0 Å². The van der Waals surface area contributed by atoms with Gasteiger partial charge in [-0.3, -0.25) is 9.59 Å². The van der Waals surface area contributed by atoms with Crippen molar-refractivity contribution >= 4 is 17.4 Å². The van der Waals surface area contributed by atoms with Gasteiger partial charge in [-0.15, -0.1) is 0 Å². The summed E-state index contributed by atoms with van der Waals surface area (Å²) in [6, 6.07) is 8.90. The SMILES string of the molecule is COCON1C(=O)[C@@]2(C(C#N)=C(N)OC3=C2C(=O)CC(C)(C)C3)c2ccccc21. The number of ether oxygens (including phenoxy) is 2. The molecule has 8 nitrogen and oxygen atoms in total. The molecule has 3 aliphatic rings. The molecule has 0 saturated heterocycles. The summed E-state index contributed by atoms with van der Waals surface area (Å²) >= 11 is 0. The highest BCUT2D eigenvalue weighted by atomic mass is 16.8. The van der Waals surface area contributed by atoms with Crippen molar-refractivity contribution in [3.05, 3.63) is 52.6 Å². The van der Waals surface area contributed by atoms with Gasteiger partial charge in [0, 0.05) is 25.5 Å². The summed E-state index contributed by atoms with van der Waals surface area (Å²) in [7, 11) is 1.43. The van der Waals surface area contributed by atoms with Crippen LogP contribution in [0.2, 0.25) is 0 Å². The molecule has 1 aromatic carbocycles. The Balaban J connectivity index is 2.04. The zero-order chi connectivity index (χ0) is 21.0. The van der Waals surface area contributed by atoms with Crippen LogP contribution in [0.5, 0.6) is 0 Å². The standard InChI is InChI=1S/C21H21N3O5/c1-20(2)8-15(25)17-16(9-20)29-18(23)13(10-22)21(17)12-6-4-5-7-14(12)24(19(21)26)28-11-27-3/h4-7H,8-9,11,23H2,1-3H3/t21-/m1/s1. The molecule has 4 rings (SSSR count). The molecular formula is C21H21N3O5. The van der Waals surface area contributed by atoms with Crippen LogP contribution in [0.25, 0.3) is 0 Å². The van der Waals surface area contributed by atoms with E-state index in [1.54, 1.807) is 24.3 Å². The fourth-order valence-electron chi connectivity index (χ4n) is 4.46. The van der Waals surface area contributed by atoms with Gasteiger partial charge in [0.05, 0.1) is 11.3 Å². The van der Waals surface area contributed by atoms with Gasteiger partial charge in [0.2, 0.25) is 5.88 Å². The molecular weight excluding hydrogens is 374 g/mol. The second-order valence-electron chi connectivity index (χ2n) is 8.09. The van der Waals surface area contributed by atoms with Gasteiger partial charge >= 0.3 is 0 Å². The van der Waals surface area contributed by atoms with Crippen LogP contribution in [-0.4, -0.2) is 25.6 Å². The monoisotopic (exact) mass is 395 g/mol. The normalized spacial score (nSPS) is 25.1. The summed E-state index contributed by atoms with van der Waals surface area (Å²) in [6.45, 7) is 3.71. The van der Waals surface area contributed by atoms with Gasteiger partial charge in [0.1, 0.15) is 17.4 Å². The van der Waals surface area contributed by atoms with Gasteiger partial charge in [-0.1, -0.05) is 32.0 Å². The number of nitrogens with zero attached hydrogens (tertiary/aromatic N) is 2. The van der Waals surface area contributed by atoms with Gasteiger partial charge in [-0.2, -0.15) is 10.3 Å². The summed E-state index contributed by atoms with van der Waals surface area (Å²) in [6.07, 6.45) is 0.646. The summed E-state index contributed by atoms with van der Waals surface area (Å²) in [5.74, 6) is -0.666. The van der Waals surface area contributed by atoms with E-state index in [-0.39, 0.29) is 41.4 Å². The topological polar surface area (TPSA) is 115 Å². The van der Waals surface area contributed by atoms with E-state index in [0.29, 0.717) is 23.4 Å². The maximum atomic E-state index is 13.8. The highest BCUT2D eigenvalue weighted by Gasteiger charge is 2.63. The Morgan fingerprint density at radius 2 is 2.00 bits per heavy atom. The van der Waals surface area contributed by atoms with Gasteiger partial charge in [-0.25, -0.2) is 4.84 Å². The first kappa shape index (κ1) is 19.2. The molecule has 0 fully saturated rings. The number of amides is 1. The lowest BCUT2D eigenvalue weighted by Crippen LogP contribution is -2.50. The number of hydrogen-bond donors (Lipinski definition) is 1. The van der Waals surface area contributed by atoms with Crippen LogP contribution in [0.3, 0.4) is 0 Å².